The van der Waals surface area contributed by atoms with Gasteiger partial charge < -0.3 is 10.5 Å². The maximum Gasteiger partial charge on any atom is 0.240 e. The molecule has 0 amide bonds. The van der Waals surface area contributed by atoms with Crippen LogP contribution in [0.15, 0.2) is 24.5 Å². The van der Waals surface area contributed by atoms with E-state index < -0.39 is 0 Å². The summed E-state index contributed by atoms with van der Waals surface area (Å²) in [6.45, 7) is 5.77. The second kappa shape index (κ2) is 4.41. The van der Waals surface area contributed by atoms with Crippen molar-refractivity contribution in [2.24, 2.45) is 0 Å². The van der Waals surface area contributed by atoms with Gasteiger partial charge in [-0.15, -0.1) is 0 Å². The lowest BCUT2D eigenvalue weighted by Gasteiger charge is -2.11. The SMILES string of the molecule is Cc1cc(Oc2nccnc2C)c(C)cc1N. The lowest BCUT2D eigenvalue weighted by atomic mass is 10.1. The minimum atomic E-state index is 0.528. The number of hydrogen-bond acceptors (Lipinski definition) is 4. The smallest absolute Gasteiger partial charge is 0.240 e. The molecule has 4 heteroatoms. The van der Waals surface area contributed by atoms with Crippen LogP contribution in [0.25, 0.3) is 0 Å². The minimum Gasteiger partial charge on any atom is -0.437 e. The number of aryl methyl sites for hydroxylation is 3. The molecular weight excluding hydrogens is 214 g/mol. The molecule has 1 aromatic heterocycles. The molecular formula is C13H15N3O. The van der Waals surface area contributed by atoms with E-state index >= 15 is 0 Å². The van der Waals surface area contributed by atoms with Crippen LogP contribution in [0.1, 0.15) is 16.8 Å². The van der Waals surface area contributed by atoms with Crippen molar-refractivity contribution in [3.8, 4) is 11.6 Å². The van der Waals surface area contributed by atoms with Gasteiger partial charge in [-0.25, -0.2) is 4.98 Å². The maximum absolute atomic E-state index is 5.83. The molecule has 17 heavy (non-hydrogen) atoms. The van der Waals surface area contributed by atoms with Gasteiger partial charge in [-0.05, 0) is 44.0 Å². The Kier molecular flexibility index (Phi) is 2.95. The fraction of sp³-hybridized carbons (Fsp3) is 0.231. The summed E-state index contributed by atoms with van der Waals surface area (Å²) in [5, 5.41) is 0. The van der Waals surface area contributed by atoms with Gasteiger partial charge in [-0.3, -0.25) is 4.98 Å². The van der Waals surface area contributed by atoms with Gasteiger partial charge in [0, 0.05) is 18.1 Å². The van der Waals surface area contributed by atoms with E-state index in [1.807, 2.05) is 32.9 Å². The van der Waals surface area contributed by atoms with Gasteiger partial charge in [0.05, 0.1) is 5.69 Å². The highest BCUT2D eigenvalue weighted by atomic mass is 16.5. The summed E-state index contributed by atoms with van der Waals surface area (Å²) < 4.78 is 5.75. The zero-order valence-corrected chi connectivity index (χ0v) is 10.2. The number of ether oxygens (including phenoxy) is 1. The van der Waals surface area contributed by atoms with Crippen LogP contribution < -0.4 is 10.5 Å². The first-order valence-electron chi connectivity index (χ1n) is 5.40. The number of nitrogens with zero attached hydrogens (tertiary/aromatic N) is 2. The number of nitrogen functional groups attached to an aromatic ring is 1. The van der Waals surface area contributed by atoms with E-state index in [1.165, 1.54) is 0 Å². The summed E-state index contributed by atoms with van der Waals surface area (Å²) in [6.07, 6.45) is 3.26. The van der Waals surface area contributed by atoms with Crippen molar-refractivity contribution in [3.05, 3.63) is 41.3 Å². The van der Waals surface area contributed by atoms with Gasteiger partial charge in [0.2, 0.25) is 5.88 Å². The Bertz CT molecular complexity index is 552. The first-order chi connectivity index (χ1) is 8.08. The molecule has 4 nitrogen and oxygen atoms in total. The second-order valence-electron chi connectivity index (χ2n) is 4.02. The third-order valence-corrected chi connectivity index (χ3v) is 2.61. The summed E-state index contributed by atoms with van der Waals surface area (Å²) in [6, 6.07) is 3.81. The van der Waals surface area contributed by atoms with Crippen molar-refractivity contribution in [2.45, 2.75) is 20.8 Å². The molecule has 2 aromatic rings. The Balaban J connectivity index is 2.37. The normalized spacial score (nSPS) is 10.3. The van der Waals surface area contributed by atoms with E-state index in [4.69, 9.17) is 10.5 Å². The molecule has 1 aromatic carbocycles. The van der Waals surface area contributed by atoms with Crippen molar-refractivity contribution >= 4 is 5.69 Å². The molecule has 0 bridgehead atoms. The molecule has 2 rings (SSSR count). The Morgan fingerprint density at radius 3 is 2.41 bits per heavy atom. The standard InChI is InChI=1S/C13H15N3O/c1-8-7-12(9(2)6-11(8)14)17-13-10(3)15-4-5-16-13/h4-7H,14H2,1-3H3. The van der Waals surface area contributed by atoms with E-state index in [1.54, 1.807) is 12.4 Å². The average molecular weight is 229 g/mol. The molecule has 88 valence electrons. The van der Waals surface area contributed by atoms with E-state index in [0.717, 1.165) is 28.3 Å². The van der Waals surface area contributed by atoms with Crippen LogP contribution in [0.3, 0.4) is 0 Å². The van der Waals surface area contributed by atoms with Crippen LogP contribution in [0.5, 0.6) is 11.6 Å². The van der Waals surface area contributed by atoms with Gasteiger partial charge in [0.1, 0.15) is 5.75 Å². The second-order valence-corrected chi connectivity index (χ2v) is 4.02. The predicted octanol–water partition coefficient (Wildman–Crippen LogP) is 2.78. The van der Waals surface area contributed by atoms with Crippen molar-refractivity contribution in [1.29, 1.82) is 0 Å². The van der Waals surface area contributed by atoms with E-state index in [2.05, 4.69) is 9.97 Å². The third kappa shape index (κ3) is 2.36. The summed E-state index contributed by atoms with van der Waals surface area (Å²) in [4.78, 5) is 8.28. The van der Waals surface area contributed by atoms with Gasteiger partial charge in [0.15, 0.2) is 0 Å². The lowest BCUT2D eigenvalue weighted by molar-refractivity contribution is 0.451. The van der Waals surface area contributed by atoms with Crippen molar-refractivity contribution in [3.63, 3.8) is 0 Å². The monoisotopic (exact) mass is 229 g/mol. The van der Waals surface area contributed by atoms with Crippen LogP contribution >= 0.6 is 0 Å². The largest absolute Gasteiger partial charge is 0.437 e. The Labute approximate surface area is 100 Å². The van der Waals surface area contributed by atoms with Crippen LogP contribution in [0, 0.1) is 20.8 Å². The van der Waals surface area contributed by atoms with E-state index in [0.29, 0.717) is 5.88 Å². The molecule has 0 saturated heterocycles. The summed E-state index contributed by atoms with van der Waals surface area (Å²) >= 11 is 0. The fourth-order valence-electron chi connectivity index (χ4n) is 1.52. The average Bonchev–Trinajstić information content (AvgIpc) is 2.29. The number of benzene rings is 1. The van der Waals surface area contributed by atoms with E-state index in [9.17, 15) is 0 Å². The Hall–Kier alpha value is -2.10. The number of anilines is 1. The molecule has 2 N–H and O–H groups in total. The molecule has 0 radical (unpaired) electrons. The predicted molar refractivity (Wildman–Crippen MR) is 67.2 cm³/mol. The Morgan fingerprint density at radius 2 is 1.71 bits per heavy atom. The lowest BCUT2D eigenvalue weighted by Crippen LogP contribution is -1.97. The zero-order chi connectivity index (χ0) is 12.4. The number of rotatable bonds is 2. The third-order valence-electron chi connectivity index (χ3n) is 2.61. The zero-order valence-electron chi connectivity index (χ0n) is 10.2. The van der Waals surface area contributed by atoms with Gasteiger partial charge in [-0.1, -0.05) is 0 Å². The summed E-state index contributed by atoms with van der Waals surface area (Å²) in [5.41, 5.74) is 9.34. The topological polar surface area (TPSA) is 61.0 Å². The number of aromatic nitrogens is 2. The molecule has 0 aliphatic rings. The fourth-order valence-corrected chi connectivity index (χ4v) is 1.52. The first kappa shape index (κ1) is 11.4. The Morgan fingerprint density at radius 1 is 1.00 bits per heavy atom. The first-order valence-corrected chi connectivity index (χ1v) is 5.40. The molecule has 0 atom stereocenters. The molecule has 0 saturated carbocycles. The molecule has 0 aliphatic heterocycles. The number of nitrogens with two attached hydrogens (primary N) is 1. The maximum atomic E-state index is 5.83. The van der Waals surface area contributed by atoms with Crippen LogP contribution in [0.2, 0.25) is 0 Å². The van der Waals surface area contributed by atoms with Crippen LogP contribution in [0.4, 0.5) is 5.69 Å². The molecule has 0 aliphatic carbocycles. The minimum absolute atomic E-state index is 0.528. The summed E-state index contributed by atoms with van der Waals surface area (Å²) in [7, 11) is 0. The highest BCUT2D eigenvalue weighted by Crippen LogP contribution is 2.28. The summed E-state index contributed by atoms with van der Waals surface area (Å²) in [5.74, 6) is 1.29. The van der Waals surface area contributed by atoms with Crippen molar-refractivity contribution in [2.75, 3.05) is 5.73 Å². The van der Waals surface area contributed by atoms with Gasteiger partial charge in [0.25, 0.3) is 0 Å². The van der Waals surface area contributed by atoms with Crippen LogP contribution in [-0.2, 0) is 0 Å². The molecule has 0 fully saturated rings. The quantitative estimate of drug-likeness (QED) is 0.804. The molecule has 0 spiro atoms. The van der Waals surface area contributed by atoms with Crippen LogP contribution in [-0.4, -0.2) is 9.97 Å². The highest BCUT2D eigenvalue weighted by Gasteiger charge is 2.07. The highest BCUT2D eigenvalue weighted by molar-refractivity contribution is 5.54. The molecule has 1 heterocycles. The van der Waals surface area contributed by atoms with Gasteiger partial charge >= 0.3 is 0 Å². The van der Waals surface area contributed by atoms with Crippen molar-refractivity contribution in [1.82, 2.24) is 9.97 Å². The molecule has 0 unspecified atom stereocenters. The van der Waals surface area contributed by atoms with Gasteiger partial charge in [-0.2, -0.15) is 0 Å². The van der Waals surface area contributed by atoms with Crippen molar-refractivity contribution < 1.29 is 4.74 Å². The van der Waals surface area contributed by atoms with E-state index in [-0.39, 0.29) is 0 Å². The number of hydrogen-bond donors (Lipinski definition) is 1.